The molecular formula is C27H30N2O. The summed E-state index contributed by atoms with van der Waals surface area (Å²) >= 11 is 0. The predicted molar refractivity (Wildman–Crippen MR) is 122 cm³/mol. The minimum Gasteiger partial charge on any atom is -0.313 e. The van der Waals surface area contributed by atoms with E-state index in [0.29, 0.717) is 11.5 Å². The second-order valence-corrected chi connectivity index (χ2v) is 9.31. The van der Waals surface area contributed by atoms with E-state index in [9.17, 15) is 4.79 Å². The Labute approximate surface area is 179 Å². The molecule has 1 N–H and O–H groups in total. The summed E-state index contributed by atoms with van der Waals surface area (Å²) in [4.78, 5) is 14.7. The summed E-state index contributed by atoms with van der Waals surface area (Å²) in [5.74, 6) is 6.50. The number of fused-ring (bicyclic) bond motifs is 1. The third-order valence-corrected chi connectivity index (χ3v) is 7.67. The first kappa shape index (κ1) is 19.4. The van der Waals surface area contributed by atoms with E-state index in [0.717, 1.165) is 35.7 Å². The normalized spacial score (nSPS) is 26.6. The number of piperidine rings is 1. The number of hydrogen-bond acceptors (Lipinski definition) is 2. The molecule has 2 aromatic carbocycles. The van der Waals surface area contributed by atoms with Crippen LogP contribution in [0.5, 0.6) is 0 Å². The first-order valence-corrected chi connectivity index (χ1v) is 11.3. The maximum Gasteiger partial charge on any atom is 0.302 e. The monoisotopic (exact) mass is 398 g/mol. The van der Waals surface area contributed by atoms with Gasteiger partial charge in [-0.25, -0.2) is 0 Å². The van der Waals surface area contributed by atoms with Crippen molar-refractivity contribution in [1.29, 1.82) is 0 Å². The molecular weight excluding hydrogens is 368 g/mol. The van der Waals surface area contributed by atoms with Crippen molar-refractivity contribution < 1.29 is 4.79 Å². The molecule has 1 amide bonds. The van der Waals surface area contributed by atoms with Gasteiger partial charge in [0, 0.05) is 35.7 Å². The van der Waals surface area contributed by atoms with Crippen molar-refractivity contribution in [1.82, 2.24) is 5.32 Å². The lowest BCUT2D eigenvalue weighted by Gasteiger charge is -2.56. The largest absolute Gasteiger partial charge is 0.313 e. The molecule has 1 saturated carbocycles. The molecule has 30 heavy (non-hydrogen) atoms. The highest BCUT2D eigenvalue weighted by atomic mass is 16.2. The first-order valence-electron chi connectivity index (χ1n) is 11.3. The summed E-state index contributed by atoms with van der Waals surface area (Å²) < 4.78 is 0. The second-order valence-electron chi connectivity index (χ2n) is 9.31. The molecule has 3 nitrogen and oxygen atoms in total. The second kappa shape index (κ2) is 7.60. The summed E-state index contributed by atoms with van der Waals surface area (Å²) in [6, 6.07) is 15.1. The van der Waals surface area contributed by atoms with Crippen LogP contribution in [-0.4, -0.2) is 25.5 Å². The van der Waals surface area contributed by atoms with Gasteiger partial charge < -0.3 is 10.2 Å². The maximum absolute atomic E-state index is 13.0. The molecule has 5 rings (SSSR count). The lowest BCUT2D eigenvalue weighted by molar-refractivity contribution is -0.113. The number of anilines is 1. The minimum atomic E-state index is -0.147. The Balaban J connectivity index is 1.49. The van der Waals surface area contributed by atoms with Crippen molar-refractivity contribution in [2.24, 2.45) is 5.92 Å². The van der Waals surface area contributed by atoms with Gasteiger partial charge in [0.15, 0.2) is 0 Å². The molecule has 2 aromatic rings. The van der Waals surface area contributed by atoms with Gasteiger partial charge in [-0.3, -0.25) is 4.79 Å². The molecule has 2 aliphatic carbocycles. The zero-order valence-corrected chi connectivity index (χ0v) is 18.0. The molecule has 3 atom stereocenters. The molecule has 3 heteroatoms. The van der Waals surface area contributed by atoms with Gasteiger partial charge in [-0.1, -0.05) is 43.0 Å². The van der Waals surface area contributed by atoms with E-state index >= 15 is 0 Å². The summed E-state index contributed by atoms with van der Waals surface area (Å²) in [6.07, 6.45) is 7.53. The van der Waals surface area contributed by atoms with Crippen LogP contribution in [-0.2, 0) is 16.6 Å². The number of amides is 1. The van der Waals surface area contributed by atoms with E-state index in [2.05, 4.69) is 35.4 Å². The number of carbonyl (C=O) groups excluding carboxylic acids is 1. The van der Waals surface area contributed by atoms with Gasteiger partial charge in [0.25, 0.3) is 0 Å². The van der Waals surface area contributed by atoms with Crippen molar-refractivity contribution in [3.8, 4) is 11.8 Å². The Morgan fingerprint density at radius 2 is 2.03 bits per heavy atom. The smallest absolute Gasteiger partial charge is 0.302 e. The van der Waals surface area contributed by atoms with Crippen LogP contribution >= 0.6 is 0 Å². The Hall–Kier alpha value is -2.57. The SMILES string of the molecule is Cc1cccc(C#CC(=O)N(C)c2cccc3c2C[C@H]2NCC[C@@]34CCCC[C@@H]24)c1. The highest BCUT2D eigenvalue weighted by Crippen LogP contribution is 2.55. The fourth-order valence-electron chi connectivity index (χ4n) is 6.30. The van der Waals surface area contributed by atoms with Crippen molar-refractivity contribution in [2.45, 2.75) is 56.9 Å². The molecule has 0 aromatic heterocycles. The first-order chi connectivity index (χ1) is 14.6. The van der Waals surface area contributed by atoms with Gasteiger partial charge in [-0.2, -0.15) is 0 Å². The summed E-state index contributed by atoms with van der Waals surface area (Å²) in [6.45, 7) is 3.15. The molecule has 0 radical (unpaired) electrons. The van der Waals surface area contributed by atoms with Crippen LogP contribution in [0.15, 0.2) is 42.5 Å². The maximum atomic E-state index is 13.0. The Kier molecular flexibility index (Phi) is 4.91. The quantitative estimate of drug-likeness (QED) is 0.724. The van der Waals surface area contributed by atoms with Crippen molar-refractivity contribution in [2.75, 3.05) is 18.5 Å². The van der Waals surface area contributed by atoms with Crippen LogP contribution in [0.3, 0.4) is 0 Å². The molecule has 0 spiro atoms. The van der Waals surface area contributed by atoms with Gasteiger partial charge in [0.2, 0.25) is 0 Å². The molecule has 2 fully saturated rings. The van der Waals surface area contributed by atoms with Gasteiger partial charge in [0.05, 0.1) is 0 Å². The average Bonchev–Trinajstić information content (AvgIpc) is 2.76. The molecule has 0 unspecified atom stereocenters. The fourth-order valence-corrected chi connectivity index (χ4v) is 6.30. The highest BCUT2D eigenvalue weighted by Gasteiger charge is 2.51. The number of rotatable bonds is 1. The lowest BCUT2D eigenvalue weighted by atomic mass is 9.52. The minimum absolute atomic E-state index is 0.147. The van der Waals surface area contributed by atoms with Gasteiger partial charge in [-0.05, 0) is 80.0 Å². The van der Waals surface area contributed by atoms with Gasteiger partial charge >= 0.3 is 5.91 Å². The van der Waals surface area contributed by atoms with Crippen LogP contribution in [0.25, 0.3) is 0 Å². The van der Waals surface area contributed by atoms with Crippen molar-refractivity contribution >= 4 is 11.6 Å². The zero-order chi connectivity index (χ0) is 20.7. The van der Waals surface area contributed by atoms with E-state index < -0.39 is 0 Å². The summed E-state index contributed by atoms with van der Waals surface area (Å²) in [5, 5.41) is 3.80. The van der Waals surface area contributed by atoms with Gasteiger partial charge in [-0.15, -0.1) is 0 Å². The number of nitrogens with zero attached hydrogens (tertiary/aromatic N) is 1. The molecule has 1 heterocycles. The summed E-state index contributed by atoms with van der Waals surface area (Å²) in [5.41, 5.74) is 6.24. The van der Waals surface area contributed by atoms with Crippen LogP contribution in [0.1, 0.15) is 54.4 Å². The lowest BCUT2D eigenvalue weighted by Crippen LogP contribution is -2.59. The van der Waals surface area contributed by atoms with E-state index in [1.165, 1.54) is 43.2 Å². The molecule has 3 aliphatic rings. The topological polar surface area (TPSA) is 32.3 Å². The van der Waals surface area contributed by atoms with Crippen molar-refractivity contribution in [3.63, 3.8) is 0 Å². The number of nitrogens with one attached hydrogen (secondary N) is 1. The van der Waals surface area contributed by atoms with Gasteiger partial charge in [0.1, 0.15) is 0 Å². The Morgan fingerprint density at radius 3 is 2.90 bits per heavy atom. The Morgan fingerprint density at radius 1 is 1.17 bits per heavy atom. The van der Waals surface area contributed by atoms with Crippen LogP contribution in [0, 0.1) is 24.7 Å². The van der Waals surface area contributed by atoms with Crippen LogP contribution < -0.4 is 10.2 Å². The third kappa shape index (κ3) is 3.15. The van der Waals surface area contributed by atoms with Crippen LogP contribution in [0.2, 0.25) is 0 Å². The number of benzene rings is 2. The van der Waals surface area contributed by atoms with Crippen molar-refractivity contribution in [3.05, 3.63) is 64.7 Å². The molecule has 1 aliphatic heterocycles. The van der Waals surface area contributed by atoms with E-state index in [-0.39, 0.29) is 5.91 Å². The standard InChI is InChI=1S/C27H30N2O/c1-19-7-5-8-20(17-19)12-13-26(30)29(2)25-11-6-10-22-21(25)18-24-23-9-3-4-14-27(22,23)15-16-28-24/h5-8,10-11,17,23-24,28H,3-4,9,14-16,18H2,1-2H3/t23-,24+,27-/m0/s1. The van der Waals surface area contributed by atoms with E-state index in [4.69, 9.17) is 0 Å². The third-order valence-electron chi connectivity index (χ3n) is 7.67. The number of aryl methyl sites for hydroxylation is 1. The van der Waals surface area contributed by atoms with Crippen LogP contribution in [0.4, 0.5) is 5.69 Å². The number of hydrogen-bond donors (Lipinski definition) is 1. The fraction of sp³-hybridized carbons (Fsp3) is 0.444. The van der Waals surface area contributed by atoms with E-state index in [1.807, 2.05) is 38.2 Å². The molecule has 154 valence electrons. The predicted octanol–water partition coefficient (Wildman–Crippen LogP) is 4.36. The molecule has 1 saturated heterocycles. The Bertz CT molecular complexity index is 1040. The highest BCUT2D eigenvalue weighted by molar-refractivity contribution is 6.06. The average molecular weight is 399 g/mol. The van der Waals surface area contributed by atoms with E-state index in [1.54, 1.807) is 4.90 Å². The number of carbonyl (C=O) groups is 1. The zero-order valence-electron chi connectivity index (χ0n) is 18.0. The molecule has 2 bridgehead atoms. The summed E-state index contributed by atoms with van der Waals surface area (Å²) in [7, 11) is 1.87.